The van der Waals surface area contributed by atoms with Crippen LogP contribution >= 0.6 is 0 Å². The lowest BCUT2D eigenvalue weighted by Crippen LogP contribution is -2.42. The molecule has 1 aliphatic carbocycles. The fourth-order valence-corrected chi connectivity index (χ4v) is 4.29. The number of amides is 1. The smallest absolute Gasteiger partial charge is 0.258 e. The van der Waals surface area contributed by atoms with Crippen molar-refractivity contribution in [1.29, 1.82) is 0 Å². The third-order valence-corrected chi connectivity index (χ3v) is 5.65. The van der Waals surface area contributed by atoms with Gasteiger partial charge in [0.05, 0.1) is 6.04 Å². The van der Waals surface area contributed by atoms with E-state index < -0.39 is 0 Å². The first-order valence-electron chi connectivity index (χ1n) is 10.2. The van der Waals surface area contributed by atoms with Crippen molar-refractivity contribution >= 4 is 5.91 Å². The normalized spacial score (nSPS) is 19.8. The fraction of sp³-hybridized carbons (Fsp3) is 0.458. The van der Waals surface area contributed by atoms with Crippen molar-refractivity contribution in [1.82, 2.24) is 5.32 Å². The SMILES string of the molecule is Cc1ccc2c(c1)[C@@H](NC(=O)COc1ccc3c(c1)CCCC3)CC(C)(C)O2. The van der Waals surface area contributed by atoms with Gasteiger partial charge < -0.3 is 14.8 Å². The van der Waals surface area contributed by atoms with Crippen molar-refractivity contribution in [3.05, 3.63) is 58.7 Å². The van der Waals surface area contributed by atoms with Crippen LogP contribution in [0.15, 0.2) is 36.4 Å². The minimum Gasteiger partial charge on any atom is -0.487 e. The van der Waals surface area contributed by atoms with Gasteiger partial charge in [0.25, 0.3) is 5.91 Å². The molecule has 0 saturated carbocycles. The Kier molecular flexibility index (Phi) is 5.05. The highest BCUT2D eigenvalue weighted by Gasteiger charge is 2.34. The monoisotopic (exact) mass is 379 g/mol. The van der Waals surface area contributed by atoms with E-state index in [1.165, 1.54) is 24.0 Å². The van der Waals surface area contributed by atoms with E-state index in [0.717, 1.165) is 41.9 Å². The van der Waals surface area contributed by atoms with Crippen LogP contribution in [-0.4, -0.2) is 18.1 Å². The van der Waals surface area contributed by atoms with Crippen molar-refractivity contribution in [2.24, 2.45) is 0 Å². The Labute approximate surface area is 167 Å². The Hall–Kier alpha value is -2.49. The molecule has 1 heterocycles. The zero-order valence-corrected chi connectivity index (χ0v) is 17.0. The second-order valence-corrected chi connectivity index (χ2v) is 8.65. The largest absolute Gasteiger partial charge is 0.487 e. The van der Waals surface area contributed by atoms with Crippen molar-refractivity contribution in [2.45, 2.75) is 64.5 Å². The minimum absolute atomic E-state index is 0.0255. The summed E-state index contributed by atoms with van der Waals surface area (Å²) in [7, 11) is 0. The molecule has 0 spiro atoms. The van der Waals surface area contributed by atoms with Crippen molar-refractivity contribution in [3.63, 3.8) is 0 Å². The number of rotatable bonds is 4. The molecule has 0 unspecified atom stereocenters. The molecule has 2 aromatic rings. The van der Waals surface area contributed by atoms with E-state index in [9.17, 15) is 4.79 Å². The number of hydrogen-bond acceptors (Lipinski definition) is 3. The fourth-order valence-electron chi connectivity index (χ4n) is 4.29. The average molecular weight is 380 g/mol. The van der Waals surface area contributed by atoms with Gasteiger partial charge in [-0.2, -0.15) is 0 Å². The number of carbonyl (C=O) groups excluding carboxylic acids is 1. The summed E-state index contributed by atoms with van der Waals surface area (Å²) in [5.74, 6) is 1.52. The van der Waals surface area contributed by atoms with Crippen LogP contribution in [0.3, 0.4) is 0 Å². The van der Waals surface area contributed by atoms with Crippen LogP contribution in [0.4, 0.5) is 0 Å². The van der Waals surface area contributed by atoms with Crippen LogP contribution in [0.5, 0.6) is 11.5 Å². The van der Waals surface area contributed by atoms with Crippen LogP contribution in [0.2, 0.25) is 0 Å². The molecule has 0 radical (unpaired) electrons. The summed E-state index contributed by atoms with van der Waals surface area (Å²) in [4.78, 5) is 12.6. The Balaban J connectivity index is 1.42. The highest BCUT2D eigenvalue weighted by Crippen LogP contribution is 2.39. The molecular weight excluding hydrogens is 350 g/mol. The van der Waals surface area contributed by atoms with E-state index in [0.29, 0.717) is 0 Å². The molecule has 148 valence electrons. The van der Waals surface area contributed by atoms with E-state index in [-0.39, 0.29) is 24.2 Å². The molecule has 1 N–H and O–H groups in total. The summed E-state index contributed by atoms with van der Waals surface area (Å²) in [6, 6.07) is 12.3. The first kappa shape index (κ1) is 18.9. The first-order chi connectivity index (χ1) is 13.4. The molecule has 4 rings (SSSR count). The summed E-state index contributed by atoms with van der Waals surface area (Å²) in [5, 5.41) is 3.15. The van der Waals surface area contributed by atoms with Gasteiger partial charge in [-0.15, -0.1) is 0 Å². The maximum absolute atomic E-state index is 12.6. The van der Waals surface area contributed by atoms with Crippen molar-refractivity contribution in [2.75, 3.05) is 6.61 Å². The van der Waals surface area contributed by atoms with Gasteiger partial charge in [0, 0.05) is 12.0 Å². The quantitative estimate of drug-likeness (QED) is 0.840. The molecule has 1 amide bonds. The standard InChI is InChI=1S/C24H29NO3/c1-16-8-11-22-20(12-16)21(14-24(2,3)28-22)25-23(26)15-27-19-10-9-17-6-4-5-7-18(17)13-19/h8-13,21H,4-7,14-15H2,1-3H3,(H,25,26)/t21-/m0/s1. The second-order valence-electron chi connectivity index (χ2n) is 8.65. The van der Waals surface area contributed by atoms with E-state index in [2.05, 4.69) is 44.3 Å². The van der Waals surface area contributed by atoms with Gasteiger partial charge in [-0.3, -0.25) is 4.79 Å². The third kappa shape index (κ3) is 4.16. The van der Waals surface area contributed by atoms with Crippen LogP contribution in [0, 0.1) is 6.92 Å². The molecular formula is C24H29NO3. The molecule has 0 fully saturated rings. The van der Waals surface area contributed by atoms with Crippen LogP contribution in [0.1, 0.15) is 61.4 Å². The Morgan fingerprint density at radius 3 is 2.75 bits per heavy atom. The Morgan fingerprint density at radius 2 is 1.93 bits per heavy atom. The van der Waals surface area contributed by atoms with E-state index in [1.807, 2.05) is 18.2 Å². The highest BCUT2D eigenvalue weighted by atomic mass is 16.5. The molecule has 0 saturated heterocycles. The maximum Gasteiger partial charge on any atom is 0.258 e. The van der Waals surface area contributed by atoms with Crippen LogP contribution in [-0.2, 0) is 17.6 Å². The molecule has 2 aromatic carbocycles. The number of carbonyl (C=O) groups is 1. The lowest BCUT2D eigenvalue weighted by Gasteiger charge is -2.38. The topological polar surface area (TPSA) is 47.6 Å². The predicted octanol–water partition coefficient (Wildman–Crippen LogP) is 4.67. The van der Waals surface area contributed by atoms with E-state index in [4.69, 9.17) is 9.47 Å². The maximum atomic E-state index is 12.6. The van der Waals surface area contributed by atoms with Crippen molar-refractivity contribution < 1.29 is 14.3 Å². The van der Waals surface area contributed by atoms with Gasteiger partial charge in [0.1, 0.15) is 17.1 Å². The highest BCUT2D eigenvalue weighted by molar-refractivity contribution is 5.78. The summed E-state index contributed by atoms with van der Waals surface area (Å²) in [6.45, 7) is 6.19. The number of hydrogen-bond donors (Lipinski definition) is 1. The minimum atomic E-state index is -0.320. The van der Waals surface area contributed by atoms with Gasteiger partial charge in [0.2, 0.25) is 0 Å². The number of fused-ring (bicyclic) bond motifs is 2. The van der Waals surface area contributed by atoms with Crippen LogP contribution in [0.25, 0.3) is 0 Å². The molecule has 2 aliphatic rings. The molecule has 28 heavy (non-hydrogen) atoms. The second kappa shape index (κ2) is 7.50. The zero-order chi connectivity index (χ0) is 19.7. The molecule has 4 heteroatoms. The summed E-state index contributed by atoms with van der Waals surface area (Å²) < 4.78 is 11.9. The van der Waals surface area contributed by atoms with E-state index in [1.54, 1.807) is 0 Å². The van der Waals surface area contributed by atoms with Gasteiger partial charge >= 0.3 is 0 Å². The predicted molar refractivity (Wildman–Crippen MR) is 110 cm³/mol. The Bertz CT molecular complexity index is 887. The van der Waals surface area contributed by atoms with Crippen molar-refractivity contribution in [3.8, 4) is 11.5 Å². The average Bonchev–Trinajstić information content (AvgIpc) is 2.66. The summed E-state index contributed by atoms with van der Waals surface area (Å²) in [5.41, 5.74) is 4.66. The molecule has 0 aromatic heterocycles. The van der Waals surface area contributed by atoms with Gasteiger partial charge in [0.15, 0.2) is 6.61 Å². The summed E-state index contributed by atoms with van der Waals surface area (Å²) in [6.07, 6.45) is 5.47. The summed E-state index contributed by atoms with van der Waals surface area (Å²) >= 11 is 0. The van der Waals surface area contributed by atoms with Crippen LogP contribution < -0.4 is 14.8 Å². The lowest BCUT2D eigenvalue weighted by molar-refractivity contribution is -0.124. The van der Waals surface area contributed by atoms with Gasteiger partial charge in [-0.1, -0.05) is 23.8 Å². The van der Waals surface area contributed by atoms with Gasteiger partial charge in [-0.25, -0.2) is 0 Å². The molecule has 0 bridgehead atoms. The molecule has 1 aliphatic heterocycles. The number of benzene rings is 2. The van der Waals surface area contributed by atoms with Gasteiger partial charge in [-0.05, 0) is 75.8 Å². The Morgan fingerprint density at radius 1 is 1.14 bits per heavy atom. The van der Waals surface area contributed by atoms with E-state index >= 15 is 0 Å². The molecule has 4 nitrogen and oxygen atoms in total. The zero-order valence-electron chi connectivity index (χ0n) is 17.0. The molecule has 1 atom stereocenters. The lowest BCUT2D eigenvalue weighted by atomic mass is 9.89. The third-order valence-electron chi connectivity index (χ3n) is 5.65. The number of nitrogens with one attached hydrogen (secondary N) is 1. The number of aryl methyl sites for hydroxylation is 3. The number of ether oxygens (including phenoxy) is 2. The first-order valence-corrected chi connectivity index (χ1v) is 10.2.